The fourth-order valence-corrected chi connectivity index (χ4v) is 2.05. The van der Waals surface area contributed by atoms with Crippen molar-refractivity contribution >= 4 is 8.80 Å². The Morgan fingerprint density at radius 1 is 1.00 bits per heavy atom. The molecular weight excluding hydrogens is 176 g/mol. The van der Waals surface area contributed by atoms with Crippen molar-refractivity contribution in [1.29, 1.82) is 0 Å². The second kappa shape index (κ2) is 9.11. The van der Waals surface area contributed by atoms with Gasteiger partial charge >= 0.3 is 8.80 Å². The Morgan fingerprint density at radius 3 is 1.25 bits per heavy atom. The molecule has 12 heavy (non-hydrogen) atoms. The van der Waals surface area contributed by atoms with Crippen LogP contribution in [0.5, 0.6) is 0 Å². The van der Waals surface area contributed by atoms with Gasteiger partial charge in [-0.15, -0.1) is 0 Å². The normalized spacial score (nSPS) is 10.5. The largest absolute Gasteiger partial charge is 0.499 e. The molecule has 76 valence electrons. The molecule has 0 atom stereocenters. The topological polar surface area (TPSA) is 79.7 Å². The Kier molecular flexibility index (Phi) is 11.0. The maximum Gasteiger partial charge on any atom is 0.499 e. The summed E-state index contributed by atoms with van der Waals surface area (Å²) in [5.41, 5.74) is 9.25. The highest BCUT2D eigenvalue weighted by atomic mass is 28.4. The van der Waals surface area contributed by atoms with Gasteiger partial charge < -0.3 is 24.7 Å². The highest BCUT2D eigenvalue weighted by Crippen LogP contribution is 2.10. The average Bonchev–Trinajstić information content (AvgIpc) is 2.11. The zero-order valence-electron chi connectivity index (χ0n) is 8.29. The molecule has 0 fully saturated rings. The SMILES string of the molecule is CC[Si](OC)(OC)OC.NCN. The fraction of sp³-hybridized carbons (Fsp3) is 1.00. The monoisotopic (exact) mass is 196 g/mol. The molecule has 0 aromatic rings. The molecule has 0 aliphatic rings. The lowest BCUT2D eigenvalue weighted by atomic mass is 11.0. The van der Waals surface area contributed by atoms with Crippen molar-refractivity contribution in [3.8, 4) is 0 Å². The molecule has 0 radical (unpaired) electrons. The van der Waals surface area contributed by atoms with Gasteiger partial charge in [-0.2, -0.15) is 0 Å². The van der Waals surface area contributed by atoms with E-state index in [-0.39, 0.29) is 6.67 Å². The summed E-state index contributed by atoms with van der Waals surface area (Å²) in [6.07, 6.45) is 0. The van der Waals surface area contributed by atoms with E-state index in [1.54, 1.807) is 21.3 Å². The lowest BCUT2D eigenvalue weighted by molar-refractivity contribution is 0.125. The molecule has 0 spiro atoms. The first kappa shape index (κ1) is 14.5. The summed E-state index contributed by atoms with van der Waals surface area (Å²) in [6.45, 7) is 2.24. The number of hydrogen-bond donors (Lipinski definition) is 2. The number of nitrogens with two attached hydrogens (primary N) is 2. The zero-order valence-corrected chi connectivity index (χ0v) is 9.29. The second-order valence-corrected chi connectivity index (χ2v) is 5.18. The van der Waals surface area contributed by atoms with E-state index >= 15 is 0 Å². The Morgan fingerprint density at radius 2 is 1.25 bits per heavy atom. The summed E-state index contributed by atoms with van der Waals surface area (Å²) in [7, 11) is 2.65. The van der Waals surface area contributed by atoms with Crippen molar-refractivity contribution in [3.63, 3.8) is 0 Å². The third-order valence-corrected chi connectivity index (χ3v) is 4.10. The van der Waals surface area contributed by atoms with E-state index in [4.69, 9.17) is 13.3 Å². The molecule has 4 N–H and O–H groups in total. The van der Waals surface area contributed by atoms with E-state index in [1.807, 2.05) is 6.92 Å². The van der Waals surface area contributed by atoms with Gasteiger partial charge in [0.05, 0.1) is 0 Å². The molecule has 0 aromatic carbocycles. The molecule has 5 nitrogen and oxygen atoms in total. The predicted octanol–water partition coefficient (Wildman–Crippen LogP) is -0.254. The molecule has 0 aliphatic heterocycles. The van der Waals surface area contributed by atoms with Crippen LogP contribution in [0.1, 0.15) is 6.92 Å². The summed E-state index contributed by atoms with van der Waals surface area (Å²) in [5, 5.41) is 0. The van der Waals surface area contributed by atoms with Crippen molar-refractivity contribution in [3.05, 3.63) is 0 Å². The maximum absolute atomic E-state index is 5.08. The molecule has 0 rings (SSSR count). The summed E-state index contributed by atoms with van der Waals surface area (Å²) >= 11 is 0. The predicted molar refractivity (Wildman–Crippen MR) is 50.5 cm³/mol. The van der Waals surface area contributed by atoms with Crippen LogP contribution in [0.3, 0.4) is 0 Å². The summed E-state index contributed by atoms with van der Waals surface area (Å²) < 4.78 is 15.2. The summed E-state index contributed by atoms with van der Waals surface area (Å²) in [6, 6.07) is 0.816. The molecule has 0 saturated carbocycles. The van der Waals surface area contributed by atoms with Crippen molar-refractivity contribution < 1.29 is 13.3 Å². The second-order valence-electron chi connectivity index (χ2n) is 1.88. The summed E-state index contributed by atoms with van der Waals surface area (Å²) in [5.74, 6) is 0. The minimum Gasteiger partial charge on any atom is -0.377 e. The van der Waals surface area contributed by atoms with Crippen LogP contribution in [0.15, 0.2) is 0 Å². The molecule has 0 heterocycles. The third-order valence-electron chi connectivity index (χ3n) is 1.37. The van der Waals surface area contributed by atoms with Crippen LogP contribution >= 0.6 is 0 Å². The van der Waals surface area contributed by atoms with Crippen LogP contribution in [0.25, 0.3) is 0 Å². The lowest BCUT2D eigenvalue weighted by Crippen LogP contribution is -2.41. The van der Waals surface area contributed by atoms with Gasteiger partial charge in [-0.25, -0.2) is 0 Å². The van der Waals surface area contributed by atoms with Crippen LogP contribution in [-0.2, 0) is 13.3 Å². The Bertz CT molecular complexity index is 73.4. The Hall–Kier alpha value is 0.0169. The van der Waals surface area contributed by atoms with Crippen molar-refractivity contribution in [2.75, 3.05) is 28.0 Å². The first-order chi connectivity index (χ1) is 5.66. The molecule has 6 heteroatoms. The lowest BCUT2D eigenvalue weighted by Gasteiger charge is -2.22. The van der Waals surface area contributed by atoms with Crippen molar-refractivity contribution in [1.82, 2.24) is 0 Å². The van der Waals surface area contributed by atoms with Crippen LogP contribution in [0.4, 0.5) is 0 Å². The van der Waals surface area contributed by atoms with E-state index in [2.05, 4.69) is 11.5 Å². The van der Waals surface area contributed by atoms with Gasteiger partial charge in [0.25, 0.3) is 0 Å². The van der Waals surface area contributed by atoms with Gasteiger partial charge in [0.2, 0.25) is 0 Å². The van der Waals surface area contributed by atoms with E-state index in [0.717, 1.165) is 6.04 Å². The van der Waals surface area contributed by atoms with E-state index in [0.29, 0.717) is 0 Å². The van der Waals surface area contributed by atoms with E-state index in [9.17, 15) is 0 Å². The van der Waals surface area contributed by atoms with Gasteiger partial charge in [-0.05, 0) is 0 Å². The van der Waals surface area contributed by atoms with Gasteiger partial charge in [-0.1, -0.05) is 6.92 Å². The molecular formula is C6H20N2O3Si. The number of rotatable bonds is 4. The van der Waals surface area contributed by atoms with Gasteiger partial charge in [0, 0.05) is 34.0 Å². The highest BCUT2D eigenvalue weighted by Gasteiger charge is 2.34. The van der Waals surface area contributed by atoms with Crippen LogP contribution in [-0.4, -0.2) is 36.8 Å². The molecule has 0 aromatic heterocycles. The first-order valence-corrected chi connectivity index (χ1v) is 5.65. The average molecular weight is 196 g/mol. The Balaban J connectivity index is 0. The third kappa shape index (κ3) is 5.64. The van der Waals surface area contributed by atoms with Crippen LogP contribution in [0.2, 0.25) is 6.04 Å². The van der Waals surface area contributed by atoms with Crippen LogP contribution < -0.4 is 11.5 Å². The minimum atomic E-state index is -2.19. The smallest absolute Gasteiger partial charge is 0.377 e. The summed E-state index contributed by atoms with van der Waals surface area (Å²) in [4.78, 5) is 0. The standard InChI is InChI=1S/C5H14O3Si.CH6N2/c1-5-9(6-2,7-3)8-4;2-1-3/h5H2,1-4H3;1-3H2. The van der Waals surface area contributed by atoms with Crippen molar-refractivity contribution in [2.24, 2.45) is 11.5 Å². The highest BCUT2D eigenvalue weighted by molar-refractivity contribution is 6.60. The molecule has 0 amide bonds. The van der Waals surface area contributed by atoms with Gasteiger partial charge in [0.15, 0.2) is 0 Å². The van der Waals surface area contributed by atoms with E-state index < -0.39 is 8.80 Å². The minimum absolute atomic E-state index is 0.250. The fourth-order valence-electron chi connectivity index (χ4n) is 0.683. The van der Waals surface area contributed by atoms with Gasteiger partial charge in [-0.3, -0.25) is 0 Å². The number of hydrogen-bond acceptors (Lipinski definition) is 5. The Labute approximate surface area is 75.3 Å². The molecule has 0 bridgehead atoms. The molecule has 0 unspecified atom stereocenters. The maximum atomic E-state index is 5.08. The van der Waals surface area contributed by atoms with Crippen LogP contribution in [0, 0.1) is 0 Å². The molecule has 0 aliphatic carbocycles. The quantitative estimate of drug-likeness (QED) is 0.478. The zero-order chi connectivity index (χ0) is 10.0. The van der Waals surface area contributed by atoms with Gasteiger partial charge in [0.1, 0.15) is 0 Å². The first-order valence-electron chi connectivity index (χ1n) is 3.71. The molecule has 0 saturated heterocycles. The van der Waals surface area contributed by atoms with Crippen molar-refractivity contribution in [2.45, 2.75) is 13.0 Å². The van der Waals surface area contributed by atoms with E-state index in [1.165, 1.54) is 0 Å².